The summed E-state index contributed by atoms with van der Waals surface area (Å²) in [6.07, 6.45) is 0. The topological polar surface area (TPSA) is 59.3 Å². The van der Waals surface area contributed by atoms with Crippen LogP contribution in [-0.2, 0) is 4.79 Å². The zero-order valence-electron chi connectivity index (χ0n) is 14.2. The maximum Gasteiger partial charge on any atom is 0.229 e. The highest BCUT2D eigenvalue weighted by Crippen LogP contribution is 2.25. The lowest BCUT2D eigenvalue weighted by molar-refractivity contribution is -0.123. The van der Waals surface area contributed by atoms with Crippen LogP contribution in [0.15, 0.2) is 57.7 Å². The van der Waals surface area contributed by atoms with E-state index in [1.807, 2.05) is 20.8 Å². The fourth-order valence-corrected chi connectivity index (χ4v) is 2.44. The lowest BCUT2D eigenvalue weighted by Gasteiger charge is -2.17. The summed E-state index contributed by atoms with van der Waals surface area (Å²) in [5.41, 5.74) is 1.12. The van der Waals surface area contributed by atoms with E-state index < -0.39 is 5.41 Å². The minimum absolute atomic E-state index is 0.117. The number of amides is 1. The van der Waals surface area contributed by atoms with Crippen molar-refractivity contribution in [3.63, 3.8) is 0 Å². The normalized spacial score (nSPS) is 11.5. The third-order valence-corrected chi connectivity index (χ3v) is 4.05. The molecule has 128 valence electrons. The number of nitrogens with one attached hydrogen (secondary N) is 1. The molecule has 0 atom stereocenters. The summed E-state index contributed by atoms with van der Waals surface area (Å²) in [4.78, 5) is 24.6. The molecule has 0 radical (unpaired) electrons. The highest BCUT2D eigenvalue weighted by molar-refractivity contribution is 6.30. The second kappa shape index (κ2) is 6.37. The molecule has 3 aromatic rings. The summed E-state index contributed by atoms with van der Waals surface area (Å²) in [7, 11) is 0. The van der Waals surface area contributed by atoms with Gasteiger partial charge < -0.3 is 9.73 Å². The van der Waals surface area contributed by atoms with E-state index in [9.17, 15) is 9.59 Å². The van der Waals surface area contributed by atoms with E-state index in [-0.39, 0.29) is 11.3 Å². The van der Waals surface area contributed by atoms with Crippen LogP contribution in [0.1, 0.15) is 20.8 Å². The second-order valence-electron chi connectivity index (χ2n) is 6.90. The Balaban J connectivity index is 2.01. The molecule has 1 amide bonds. The largest absolute Gasteiger partial charge is 0.456 e. The number of hydrogen-bond acceptors (Lipinski definition) is 3. The van der Waals surface area contributed by atoms with Gasteiger partial charge in [-0.3, -0.25) is 9.59 Å². The van der Waals surface area contributed by atoms with Gasteiger partial charge in [0.25, 0.3) is 0 Å². The van der Waals surface area contributed by atoms with E-state index in [4.69, 9.17) is 16.0 Å². The molecular weight excluding hydrogens is 338 g/mol. The molecule has 0 fully saturated rings. The van der Waals surface area contributed by atoms with Crippen LogP contribution in [0.3, 0.4) is 0 Å². The summed E-state index contributed by atoms with van der Waals surface area (Å²) in [6, 6.07) is 13.6. The van der Waals surface area contributed by atoms with Crippen LogP contribution in [0.25, 0.3) is 22.3 Å². The predicted molar refractivity (Wildman–Crippen MR) is 101 cm³/mol. The van der Waals surface area contributed by atoms with Crippen molar-refractivity contribution in [2.75, 3.05) is 5.32 Å². The Morgan fingerprint density at radius 3 is 2.36 bits per heavy atom. The van der Waals surface area contributed by atoms with Crippen molar-refractivity contribution in [1.29, 1.82) is 0 Å². The zero-order valence-corrected chi connectivity index (χ0v) is 15.0. The quantitative estimate of drug-likeness (QED) is 0.695. The summed E-state index contributed by atoms with van der Waals surface area (Å²) in [5, 5.41) is 3.86. The summed E-state index contributed by atoms with van der Waals surface area (Å²) >= 11 is 5.89. The van der Waals surface area contributed by atoms with Gasteiger partial charge >= 0.3 is 0 Å². The number of fused-ring (bicyclic) bond motifs is 1. The van der Waals surface area contributed by atoms with Crippen molar-refractivity contribution in [1.82, 2.24) is 0 Å². The number of halogens is 1. The first kappa shape index (κ1) is 17.2. The fourth-order valence-electron chi connectivity index (χ4n) is 2.31. The molecule has 25 heavy (non-hydrogen) atoms. The van der Waals surface area contributed by atoms with Gasteiger partial charge in [-0.2, -0.15) is 0 Å². The minimum Gasteiger partial charge on any atom is -0.456 e. The lowest BCUT2D eigenvalue weighted by Crippen LogP contribution is -2.27. The second-order valence-corrected chi connectivity index (χ2v) is 7.33. The Morgan fingerprint density at radius 2 is 1.72 bits per heavy atom. The predicted octanol–water partition coefficient (Wildman–Crippen LogP) is 5.10. The molecule has 0 saturated carbocycles. The van der Waals surface area contributed by atoms with Crippen molar-refractivity contribution in [2.24, 2.45) is 5.41 Å². The number of hydrogen-bond donors (Lipinski definition) is 1. The van der Waals surface area contributed by atoms with Gasteiger partial charge in [-0.25, -0.2) is 0 Å². The van der Waals surface area contributed by atoms with E-state index in [1.165, 1.54) is 6.07 Å². The molecule has 0 spiro atoms. The molecule has 0 bridgehead atoms. The maximum atomic E-state index is 12.5. The summed E-state index contributed by atoms with van der Waals surface area (Å²) < 4.78 is 5.84. The molecule has 0 unspecified atom stereocenters. The van der Waals surface area contributed by atoms with Crippen LogP contribution < -0.4 is 10.7 Å². The number of benzene rings is 2. The van der Waals surface area contributed by atoms with E-state index in [0.717, 1.165) is 5.56 Å². The van der Waals surface area contributed by atoms with E-state index in [2.05, 4.69) is 5.32 Å². The van der Waals surface area contributed by atoms with Gasteiger partial charge in [0.1, 0.15) is 11.3 Å². The molecular formula is C20H18ClNO3. The Hall–Kier alpha value is -2.59. The molecule has 0 aliphatic heterocycles. The van der Waals surface area contributed by atoms with Gasteiger partial charge in [0.2, 0.25) is 5.91 Å². The van der Waals surface area contributed by atoms with Crippen molar-refractivity contribution >= 4 is 34.2 Å². The monoisotopic (exact) mass is 355 g/mol. The third-order valence-electron chi connectivity index (χ3n) is 3.79. The molecule has 0 aliphatic rings. The number of carbonyl (C=O) groups is 1. The van der Waals surface area contributed by atoms with Crippen LogP contribution in [0, 0.1) is 5.41 Å². The minimum atomic E-state index is -0.516. The highest BCUT2D eigenvalue weighted by Gasteiger charge is 2.21. The Bertz CT molecular complexity index is 998. The summed E-state index contributed by atoms with van der Waals surface area (Å²) in [5.74, 6) is 0.356. The molecule has 0 aliphatic carbocycles. The molecule has 1 N–H and O–H groups in total. The first-order chi connectivity index (χ1) is 11.7. The molecule has 5 heteroatoms. The molecule has 4 nitrogen and oxygen atoms in total. The Kier molecular flexibility index (Phi) is 4.39. The van der Waals surface area contributed by atoms with Gasteiger partial charge in [0.05, 0.1) is 5.39 Å². The van der Waals surface area contributed by atoms with Gasteiger partial charge in [0, 0.05) is 27.8 Å². The SMILES string of the molecule is CC(C)(C)C(=O)Nc1ccc2oc(-c3ccc(Cl)cc3)cc(=O)c2c1. The summed E-state index contributed by atoms with van der Waals surface area (Å²) in [6.45, 7) is 5.49. The molecule has 1 aromatic heterocycles. The van der Waals surface area contributed by atoms with Gasteiger partial charge in [-0.05, 0) is 42.5 Å². The van der Waals surface area contributed by atoms with E-state index >= 15 is 0 Å². The van der Waals surface area contributed by atoms with Crippen molar-refractivity contribution in [3.8, 4) is 11.3 Å². The Morgan fingerprint density at radius 1 is 1.04 bits per heavy atom. The standard InChI is InChI=1S/C20H18ClNO3/c1-20(2,3)19(24)22-14-8-9-17-15(10-14)16(23)11-18(25-17)12-4-6-13(21)7-5-12/h4-11H,1-3H3,(H,22,24). The first-order valence-electron chi connectivity index (χ1n) is 7.89. The van der Waals surface area contributed by atoms with E-state index in [0.29, 0.717) is 27.4 Å². The highest BCUT2D eigenvalue weighted by atomic mass is 35.5. The Labute approximate surface area is 150 Å². The van der Waals surface area contributed by atoms with Crippen LogP contribution in [0.2, 0.25) is 5.02 Å². The lowest BCUT2D eigenvalue weighted by atomic mass is 9.95. The molecule has 3 rings (SSSR count). The van der Waals surface area contributed by atoms with Gasteiger partial charge in [-0.15, -0.1) is 0 Å². The molecule has 2 aromatic carbocycles. The maximum absolute atomic E-state index is 12.5. The first-order valence-corrected chi connectivity index (χ1v) is 8.27. The average molecular weight is 356 g/mol. The van der Waals surface area contributed by atoms with Gasteiger partial charge in [-0.1, -0.05) is 32.4 Å². The fraction of sp³-hybridized carbons (Fsp3) is 0.200. The average Bonchev–Trinajstić information content (AvgIpc) is 2.55. The van der Waals surface area contributed by atoms with Crippen molar-refractivity contribution in [2.45, 2.75) is 20.8 Å². The van der Waals surface area contributed by atoms with Crippen molar-refractivity contribution < 1.29 is 9.21 Å². The van der Waals surface area contributed by atoms with Crippen molar-refractivity contribution in [3.05, 3.63) is 63.8 Å². The third kappa shape index (κ3) is 3.74. The number of carbonyl (C=O) groups excluding carboxylic acids is 1. The van der Waals surface area contributed by atoms with Crippen LogP contribution >= 0.6 is 11.6 Å². The molecule has 0 saturated heterocycles. The zero-order chi connectivity index (χ0) is 18.2. The van der Waals surface area contributed by atoms with Gasteiger partial charge in [0.15, 0.2) is 5.43 Å². The number of rotatable bonds is 2. The van der Waals surface area contributed by atoms with Crippen LogP contribution in [0.4, 0.5) is 5.69 Å². The molecule has 1 heterocycles. The van der Waals surface area contributed by atoms with E-state index in [1.54, 1.807) is 42.5 Å². The number of anilines is 1. The van der Waals surface area contributed by atoms with Crippen LogP contribution in [-0.4, -0.2) is 5.91 Å². The van der Waals surface area contributed by atoms with Crippen LogP contribution in [0.5, 0.6) is 0 Å². The smallest absolute Gasteiger partial charge is 0.229 e.